The molecule has 1 N–H and O–H groups in total. The smallest absolute Gasteiger partial charge is 0.310 e. The van der Waals surface area contributed by atoms with Gasteiger partial charge < -0.3 is 5.32 Å². The van der Waals surface area contributed by atoms with E-state index in [0.717, 1.165) is 25.5 Å². The van der Waals surface area contributed by atoms with Gasteiger partial charge in [-0.1, -0.05) is 25.1 Å². The molecule has 0 aliphatic rings. The molecule has 1 rings (SSSR count). The molecule has 1 atom stereocenters. The normalized spacial score (nSPS) is 13.3. The molecule has 1 nitrogen and oxygen atoms in total. The monoisotopic (exact) mass is 257 g/mol. The van der Waals surface area contributed by atoms with Crippen LogP contribution in [0, 0.1) is 0 Å². The Morgan fingerprint density at radius 2 is 2.11 bits per heavy atom. The fourth-order valence-electron chi connectivity index (χ4n) is 1.85. The molecule has 0 aliphatic carbocycles. The van der Waals surface area contributed by atoms with E-state index in [-0.39, 0.29) is 6.04 Å². The maximum absolute atomic E-state index is 12.6. The first-order chi connectivity index (χ1) is 8.49. The first-order valence-electron chi connectivity index (χ1n) is 6.00. The zero-order chi connectivity index (χ0) is 13.6. The maximum Gasteiger partial charge on any atom is 0.416 e. The van der Waals surface area contributed by atoms with Gasteiger partial charge in [-0.25, -0.2) is 0 Å². The van der Waals surface area contributed by atoms with Crippen molar-refractivity contribution >= 4 is 0 Å². The average Bonchev–Trinajstić information content (AvgIpc) is 2.33. The third kappa shape index (κ3) is 4.18. The van der Waals surface area contributed by atoms with Gasteiger partial charge in [0.05, 0.1) is 5.56 Å². The molecule has 4 heteroatoms. The van der Waals surface area contributed by atoms with E-state index in [0.29, 0.717) is 5.56 Å². The Labute approximate surface area is 106 Å². The van der Waals surface area contributed by atoms with Crippen molar-refractivity contribution in [3.8, 4) is 0 Å². The van der Waals surface area contributed by atoms with Gasteiger partial charge >= 0.3 is 6.18 Å². The summed E-state index contributed by atoms with van der Waals surface area (Å²) in [5, 5.41) is 3.20. The molecule has 0 saturated carbocycles. The molecule has 0 aliphatic heterocycles. The van der Waals surface area contributed by atoms with Crippen LogP contribution in [0.4, 0.5) is 13.2 Å². The summed E-state index contributed by atoms with van der Waals surface area (Å²) in [7, 11) is 0. The van der Waals surface area contributed by atoms with Crippen LogP contribution >= 0.6 is 0 Å². The Morgan fingerprint density at radius 3 is 2.67 bits per heavy atom. The number of alkyl halides is 3. The Hall–Kier alpha value is -1.29. The van der Waals surface area contributed by atoms with E-state index in [9.17, 15) is 13.2 Å². The number of halogens is 3. The molecule has 1 unspecified atom stereocenters. The van der Waals surface area contributed by atoms with Crippen molar-refractivity contribution in [1.29, 1.82) is 0 Å². The van der Waals surface area contributed by atoms with E-state index in [1.807, 2.05) is 6.92 Å². The number of allylic oxidation sites excluding steroid dienone is 1. The minimum Gasteiger partial charge on any atom is -0.310 e. The quantitative estimate of drug-likeness (QED) is 0.748. The molecule has 0 saturated heterocycles. The fraction of sp³-hybridized carbons (Fsp3) is 0.429. The Bertz CT molecular complexity index is 385. The predicted octanol–water partition coefficient (Wildman–Crippen LogP) is 4.32. The molecule has 0 aromatic heterocycles. The van der Waals surface area contributed by atoms with E-state index in [1.165, 1.54) is 12.1 Å². The van der Waals surface area contributed by atoms with Gasteiger partial charge in [-0.15, -0.1) is 6.58 Å². The zero-order valence-corrected chi connectivity index (χ0v) is 10.4. The highest BCUT2D eigenvalue weighted by Gasteiger charge is 2.30. The molecule has 0 bridgehead atoms. The molecule has 100 valence electrons. The first kappa shape index (κ1) is 14.8. The highest BCUT2D eigenvalue weighted by atomic mass is 19.4. The lowest BCUT2D eigenvalue weighted by molar-refractivity contribution is -0.137. The molecular weight excluding hydrogens is 239 g/mol. The fourth-order valence-corrected chi connectivity index (χ4v) is 1.85. The van der Waals surface area contributed by atoms with Gasteiger partial charge in [-0.05, 0) is 37.1 Å². The number of benzene rings is 1. The second kappa shape index (κ2) is 6.59. The molecule has 0 radical (unpaired) electrons. The third-order valence-electron chi connectivity index (χ3n) is 2.73. The van der Waals surface area contributed by atoms with Crippen LogP contribution in [0.1, 0.15) is 36.9 Å². The minimum atomic E-state index is -4.29. The number of nitrogens with one attached hydrogen (secondary N) is 1. The van der Waals surface area contributed by atoms with Crippen LogP contribution in [-0.2, 0) is 6.18 Å². The minimum absolute atomic E-state index is 0.0599. The summed E-state index contributed by atoms with van der Waals surface area (Å²) in [4.78, 5) is 0. The van der Waals surface area contributed by atoms with Crippen molar-refractivity contribution in [2.24, 2.45) is 0 Å². The van der Waals surface area contributed by atoms with Gasteiger partial charge in [-0.2, -0.15) is 13.2 Å². The van der Waals surface area contributed by atoms with Gasteiger partial charge in [-0.3, -0.25) is 0 Å². The van der Waals surface area contributed by atoms with Crippen LogP contribution in [0.3, 0.4) is 0 Å². The summed E-state index contributed by atoms with van der Waals surface area (Å²) < 4.78 is 37.9. The number of rotatable bonds is 6. The van der Waals surface area contributed by atoms with E-state index in [1.54, 1.807) is 12.1 Å². The summed E-state index contributed by atoms with van der Waals surface area (Å²) in [5.41, 5.74) is 0.0787. The van der Waals surface area contributed by atoms with Crippen LogP contribution in [0.5, 0.6) is 0 Å². The zero-order valence-electron chi connectivity index (χ0n) is 10.4. The van der Waals surface area contributed by atoms with Crippen molar-refractivity contribution in [2.45, 2.75) is 32.0 Å². The highest BCUT2D eigenvalue weighted by molar-refractivity contribution is 5.28. The first-order valence-corrected chi connectivity index (χ1v) is 6.00. The lowest BCUT2D eigenvalue weighted by atomic mass is 9.99. The van der Waals surface area contributed by atoms with Crippen molar-refractivity contribution in [2.75, 3.05) is 6.54 Å². The van der Waals surface area contributed by atoms with Gasteiger partial charge in [0.1, 0.15) is 0 Å². The second-order valence-electron chi connectivity index (χ2n) is 4.10. The maximum atomic E-state index is 12.6. The lowest BCUT2D eigenvalue weighted by Gasteiger charge is -2.19. The average molecular weight is 257 g/mol. The van der Waals surface area contributed by atoms with Gasteiger partial charge in [0.2, 0.25) is 0 Å². The summed E-state index contributed by atoms with van der Waals surface area (Å²) in [6.07, 6.45) is -0.990. The van der Waals surface area contributed by atoms with Crippen molar-refractivity contribution in [1.82, 2.24) is 5.32 Å². The van der Waals surface area contributed by atoms with E-state index in [2.05, 4.69) is 11.9 Å². The number of hydrogen-bond acceptors (Lipinski definition) is 1. The predicted molar refractivity (Wildman–Crippen MR) is 67.3 cm³/mol. The van der Waals surface area contributed by atoms with E-state index in [4.69, 9.17) is 0 Å². The highest BCUT2D eigenvalue weighted by Crippen LogP contribution is 2.31. The van der Waals surface area contributed by atoms with E-state index >= 15 is 0 Å². The second-order valence-corrected chi connectivity index (χ2v) is 4.10. The largest absolute Gasteiger partial charge is 0.416 e. The van der Waals surface area contributed by atoms with Crippen LogP contribution in [-0.4, -0.2) is 6.54 Å². The molecule has 1 aromatic rings. The molecule has 0 spiro atoms. The lowest BCUT2D eigenvalue weighted by Crippen LogP contribution is -2.21. The summed E-state index contributed by atoms with van der Waals surface area (Å²) in [5.74, 6) is 0. The topological polar surface area (TPSA) is 12.0 Å². The third-order valence-corrected chi connectivity index (χ3v) is 2.73. The van der Waals surface area contributed by atoms with E-state index < -0.39 is 11.7 Å². The van der Waals surface area contributed by atoms with Crippen molar-refractivity contribution in [3.63, 3.8) is 0 Å². The van der Waals surface area contributed by atoms with Crippen molar-refractivity contribution in [3.05, 3.63) is 48.0 Å². The van der Waals surface area contributed by atoms with Gasteiger partial charge in [0.15, 0.2) is 0 Å². The molecule has 0 amide bonds. The standard InChI is InChI=1S/C14H18F3N/c1-3-5-9-13(18-4-2)11-7-6-8-12(10-11)14(15,16)17/h3,6-8,10,13,18H,1,4-5,9H2,2H3. The molecule has 18 heavy (non-hydrogen) atoms. The summed E-state index contributed by atoms with van der Waals surface area (Å²) >= 11 is 0. The van der Waals surface area contributed by atoms with Crippen molar-refractivity contribution < 1.29 is 13.2 Å². The van der Waals surface area contributed by atoms with Crippen LogP contribution < -0.4 is 5.32 Å². The van der Waals surface area contributed by atoms with Crippen LogP contribution in [0.2, 0.25) is 0 Å². The van der Waals surface area contributed by atoms with Gasteiger partial charge in [0.25, 0.3) is 0 Å². The molecule has 1 aromatic carbocycles. The summed E-state index contributed by atoms with van der Waals surface area (Å²) in [6, 6.07) is 5.44. The Kier molecular flexibility index (Phi) is 5.41. The summed E-state index contributed by atoms with van der Waals surface area (Å²) in [6.45, 7) is 6.29. The Morgan fingerprint density at radius 1 is 1.39 bits per heavy atom. The SMILES string of the molecule is C=CCCC(NCC)c1cccc(C(F)(F)F)c1. The molecule has 0 fully saturated rings. The Balaban J connectivity index is 2.93. The van der Waals surface area contributed by atoms with Gasteiger partial charge in [0, 0.05) is 6.04 Å². The molecular formula is C14H18F3N. The van der Waals surface area contributed by atoms with Crippen LogP contribution in [0.25, 0.3) is 0 Å². The number of hydrogen-bond donors (Lipinski definition) is 1. The molecule has 0 heterocycles. The van der Waals surface area contributed by atoms with Crippen LogP contribution in [0.15, 0.2) is 36.9 Å².